The van der Waals surface area contributed by atoms with E-state index < -0.39 is 0 Å². The molecule has 0 radical (unpaired) electrons. The lowest BCUT2D eigenvalue weighted by Gasteiger charge is -2.15. The van der Waals surface area contributed by atoms with Gasteiger partial charge in [-0.3, -0.25) is 0 Å². The molecule has 2 aromatic rings. The molecule has 0 spiro atoms. The van der Waals surface area contributed by atoms with Crippen LogP contribution in [0.5, 0.6) is 11.5 Å². The van der Waals surface area contributed by atoms with Gasteiger partial charge < -0.3 is 9.47 Å². The summed E-state index contributed by atoms with van der Waals surface area (Å²) >= 11 is 6.00. The third kappa shape index (κ3) is 4.15. The number of alkyl halides is 1. The van der Waals surface area contributed by atoms with Crippen molar-refractivity contribution in [3.63, 3.8) is 0 Å². The molecule has 0 amide bonds. The second-order valence-electron chi connectivity index (χ2n) is 5.10. The summed E-state index contributed by atoms with van der Waals surface area (Å²) in [6.07, 6.45) is 0. The second-order valence-corrected chi connectivity index (χ2v) is 5.36. The van der Waals surface area contributed by atoms with Crippen LogP contribution in [0.25, 0.3) is 0 Å². The van der Waals surface area contributed by atoms with Crippen molar-refractivity contribution >= 4 is 11.6 Å². The van der Waals surface area contributed by atoms with Crippen molar-refractivity contribution in [1.82, 2.24) is 0 Å². The second kappa shape index (κ2) is 7.37. The lowest BCUT2D eigenvalue weighted by Crippen LogP contribution is -2.02. The van der Waals surface area contributed by atoms with Gasteiger partial charge in [0.1, 0.15) is 6.61 Å². The smallest absolute Gasteiger partial charge is 0.166 e. The summed E-state index contributed by atoms with van der Waals surface area (Å²) in [6, 6.07) is 12.2. The third-order valence-corrected chi connectivity index (χ3v) is 3.46. The molecule has 2 nitrogen and oxygen atoms in total. The maximum absolute atomic E-state index is 6.00. The van der Waals surface area contributed by atoms with Crippen LogP contribution in [0.4, 0.5) is 0 Å². The quantitative estimate of drug-likeness (QED) is 0.698. The molecule has 21 heavy (non-hydrogen) atoms. The van der Waals surface area contributed by atoms with Gasteiger partial charge in [-0.25, -0.2) is 0 Å². The Hall–Kier alpha value is -1.67. The minimum absolute atomic E-state index is 0.406. The summed E-state index contributed by atoms with van der Waals surface area (Å²) in [7, 11) is 0. The number of rotatable bonds is 6. The largest absolute Gasteiger partial charge is 0.490 e. The van der Waals surface area contributed by atoms with Crippen molar-refractivity contribution in [3.8, 4) is 11.5 Å². The molecule has 0 saturated carbocycles. The van der Waals surface area contributed by atoms with Crippen LogP contribution in [-0.4, -0.2) is 6.61 Å². The minimum atomic E-state index is 0.406. The fourth-order valence-corrected chi connectivity index (χ4v) is 2.62. The fourth-order valence-electron chi connectivity index (χ4n) is 2.41. The van der Waals surface area contributed by atoms with Crippen molar-refractivity contribution in [3.05, 3.63) is 58.7 Å². The molecule has 0 heterocycles. The average molecular weight is 305 g/mol. The van der Waals surface area contributed by atoms with E-state index in [-0.39, 0.29) is 0 Å². The Kier molecular flexibility index (Phi) is 5.51. The van der Waals surface area contributed by atoms with Crippen molar-refractivity contribution in [1.29, 1.82) is 0 Å². The zero-order valence-electron chi connectivity index (χ0n) is 12.8. The summed E-state index contributed by atoms with van der Waals surface area (Å²) in [5, 5.41) is 0. The molecular weight excluding hydrogens is 284 g/mol. The van der Waals surface area contributed by atoms with Crippen LogP contribution in [0.3, 0.4) is 0 Å². The highest BCUT2D eigenvalue weighted by molar-refractivity contribution is 6.17. The van der Waals surface area contributed by atoms with Crippen LogP contribution in [0.2, 0.25) is 0 Å². The molecule has 0 aromatic heterocycles. The first-order valence-electron chi connectivity index (χ1n) is 7.14. The molecule has 0 unspecified atom stereocenters. The third-order valence-electron chi connectivity index (χ3n) is 3.17. The van der Waals surface area contributed by atoms with Gasteiger partial charge in [-0.05, 0) is 32.4 Å². The monoisotopic (exact) mass is 304 g/mol. The summed E-state index contributed by atoms with van der Waals surface area (Å²) < 4.78 is 11.6. The minimum Gasteiger partial charge on any atom is -0.490 e. The Balaban J connectivity index is 2.22. The topological polar surface area (TPSA) is 18.5 Å². The zero-order valence-corrected chi connectivity index (χ0v) is 13.5. The average Bonchev–Trinajstić information content (AvgIpc) is 2.45. The van der Waals surface area contributed by atoms with Crippen LogP contribution < -0.4 is 9.47 Å². The van der Waals surface area contributed by atoms with Crippen LogP contribution in [0, 0.1) is 13.8 Å². The number of ether oxygens (including phenoxy) is 2. The molecule has 0 saturated heterocycles. The van der Waals surface area contributed by atoms with Gasteiger partial charge in [0.25, 0.3) is 0 Å². The Morgan fingerprint density at radius 3 is 2.33 bits per heavy atom. The number of benzene rings is 2. The Morgan fingerprint density at radius 1 is 1.00 bits per heavy atom. The van der Waals surface area contributed by atoms with E-state index in [1.807, 2.05) is 25.1 Å². The van der Waals surface area contributed by atoms with Crippen LogP contribution in [0.1, 0.15) is 29.2 Å². The van der Waals surface area contributed by atoms with Gasteiger partial charge in [-0.1, -0.05) is 41.5 Å². The Labute approximate surface area is 131 Å². The first-order chi connectivity index (χ1) is 10.1. The number of para-hydroxylation sites is 1. The first-order valence-corrected chi connectivity index (χ1v) is 7.68. The normalized spacial score (nSPS) is 10.5. The Morgan fingerprint density at radius 2 is 1.71 bits per heavy atom. The predicted molar refractivity (Wildman–Crippen MR) is 87.4 cm³/mol. The lowest BCUT2D eigenvalue weighted by molar-refractivity contribution is 0.267. The molecule has 0 bridgehead atoms. The maximum atomic E-state index is 6.00. The lowest BCUT2D eigenvalue weighted by atomic mass is 10.1. The highest BCUT2D eigenvalue weighted by Crippen LogP contribution is 2.33. The highest BCUT2D eigenvalue weighted by atomic mass is 35.5. The number of hydrogen-bond donors (Lipinski definition) is 0. The summed E-state index contributed by atoms with van der Waals surface area (Å²) in [5.41, 5.74) is 4.58. The molecule has 0 atom stereocenters. The van der Waals surface area contributed by atoms with E-state index in [1.54, 1.807) is 0 Å². The van der Waals surface area contributed by atoms with Gasteiger partial charge in [-0.15, -0.1) is 11.6 Å². The van der Waals surface area contributed by atoms with Crippen LogP contribution in [0.15, 0.2) is 36.4 Å². The van der Waals surface area contributed by atoms with E-state index in [0.29, 0.717) is 19.1 Å². The molecule has 0 fully saturated rings. The van der Waals surface area contributed by atoms with E-state index in [9.17, 15) is 0 Å². The standard InChI is InChI=1S/C18H21ClO2/c1-4-20-17-7-5-6-16(11-19)18(17)21-12-15-9-13(2)8-14(3)10-15/h5-10H,4,11-12H2,1-3H3. The van der Waals surface area contributed by atoms with E-state index in [4.69, 9.17) is 21.1 Å². The van der Waals surface area contributed by atoms with Gasteiger partial charge in [-0.2, -0.15) is 0 Å². The predicted octanol–water partition coefficient (Wildman–Crippen LogP) is 5.02. The van der Waals surface area contributed by atoms with Gasteiger partial charge >= 0.3 is 0 Å². The molecule has 0 aliphatic heterocycles. The molecule has 2 rings (SSSR count). The number of halogens is 1. The van der Waals surface area contributed by atoms with E-state index in [2.05, 4.69) is 32.0 Å². The maximum Gasteiger partial charge on any atom is 0.166 e. The molecular formula is C18H21ClO2. The van der Waals surface area contributed by atoms with Crippen molar-refractivity contribution in [2.75, 3.05) is 6.61 Å². The van der Waals surface area contributed by atoms with E-state index in [1.165, 1.54) is 11.1 Å². The van der Waals surface area contributed by atoms with Gasteiger partial charge in [0.05, 0.1) is 12.5 Å². The molecule has 112 valence electrons. The van der Waals surface area contributed by atoms with E-state index in [0.717, 1.165) is 22.6 Å². The highest BCUT2D eigenvalue weighted by Gasteiger charge is 2.10. The van der Waals surface area contributed by atoms with Crippen molar-refractivity contribution < 1.29 is 9.47 Å². The number of hydrogen-bond acceptors (Lipinski definition) is 2. The van der Waals surface area contributed by atoms with Crippen molar-refractivity contribution in [2.45, 2.75) is 33.3 Å². The Bertz CT molecular complexity index is 588. The SMILES string of the molecule is CCOc1cccc(CCl)c1OCc1cc(C)cc(C)c1. The summed E-state index contributed by atoms with van der Waals surface area (Å²) in [4.78, 5) is 0. The van der Waals surface area contributed by atoms with Crippen LogP contribution in [-0.2, 0) is 12.5 Å². The fraction of sp³-hybridized carbons (Fsp3) is 0.333. The zero-order chi connectivity index (χ0) is 15.2. The molecule has 0 N–H and O–H groups in total. The van der Waals surface area contributed by atoms with Crippen molar-refractivity contribution in [2.24, 2.45) is 0 Å². The van der Waals surface area contributed by atoms with Gasteiger partial charge in [0, 0.05) is 5.56 Å². The van der Waals surface area contributed by atoms with Gasteiger partial charge in [0.2, 0.25) is 0 Å². The molecule has 0 aliphatic rings. The first kappa shape index (κ1) is 15.7. The molecule has 2 aromatic carbocycles. The number of aryl methyl sites for hydroxylation is 2. The van der Waals surface area contributed by atoms with Gasteiger partial charge in [0.15, 0.2) is 11.5 Å². The van der Waals surface area contributed by atoms with E-state index >= 15 is 0 Å². The summed E-state index contributed by atoms with van der Waals surface area (Å²) in [5.74, 6) is 1.90. The summed E-state index contributed by atoms with van der Waals surface area (Å²) in [6.45, 7) is 7.26. The molecule has 0 aliphatic carbocycles. The van der Waals surface area contributed by atoms with Crippen LogP contribution >= 0.6 is 11.6 Å². The molecule has 3 heteroatoms.